The van der Waals surface area contributed by atoms with Crippen LogP contribution in [0.25, 0.3) is 0 Å². The molecule has 0 radical (unpaired) electrons. The van der Waals surface area contributed by atoms with Gasteiger partial charge in [0.15, 0.2) is 11.5 Å². The van der Waals surface area contributed by atoms with Crippen LogP contribution in [0.2, 0.25) is 0 Å². The molecule has 2 N–H and O–H groups in total. The maximum Gasteiger partial charge on any atom is 0.277 e. The summed E-state index contributed by atoms with van der Waals surface area (Å²) in [6.07, 6.45) is 4.64. The van der Waals surface area contributed by atoms with Gasteiger partial charge in [0.2, 0.25) is 0 Å². The van der Waals surface area contributed by atoms with Gasteiger partial charge in [-0.25, -0.2) is 4.72 Å². The molecule has 124 valence electrons. The van der Waals surface area contributed by atoms with Crippen molar-refractivity contribution in [1.29, 1.82) is 0 Å². The van der Waals surface area contributed by atoms with Crippen LogP contribution < -0.4 is 18.9 Å². The molecule has 0 aliphatic heterocycles. The van der Waals surface area contributed by atoms with Gasteiger partial charge in [-0.05, 0) is 37.0 Å². The lowest BCUT2D eigenvalue weighted by atomic mass is 10.1. The van der Waals surface area contributed by atoms with Gasteiger partial charge in [-0.15, -0.1) is 0 Å². The summed E-state index contributed by atoms with van der Waals surface area (Å²) in [5.74, 6) is 1.31. The number of hydrogen-bond acceptors (Lipinski definition) is 4. The fourth-order valence-corrected chi connectivity index (χ4v) is 3.80. The Bertz CT molecular complexity index is 583. The average Bonchev–Trinajstić information content (AvgIpc) is 2.99. The van der Waals surface area contributed by atoms with Crippen LogP contribution in [-0.2, 0) is 16.6 Å². The van der Waals surface area contributed by atoms with Crippen molar-refractivity contribution in [3.63, 3.8) is 0 Å². The van der Waals surface area contributed by atoms with Gasteiger partial charge in [-0.1, -0.05) is 18.9 Å². The highest BCUT2D eigenvalue weighted by Gasteiger charge is 2.20. The summed E-state index contributed by atoms with van der Waals surface area (Å²) in [4.78, 5) is 0. The quantitative estimate of drug-likeness (QED) is 0.760. The highest BCUT2D eigenvalue weighted by atomic mass is 32.2. The van der Waals surface area contributed by atoms with Crippen LogP contribution in [0.4, 0.5) is 0 Å². The lowest BCUT2D eigenvalue weighted by molar-refractivity contribution is 0.354. The smallest absolute Gasteiger partial charge is 0.277 e. The second-order valence-electron chi connectivity index (χ2n) is 5.44. The van der Waals surface area contributed by atoms with E-state index in [1.807, 2.05) is 18.2 Å². The standard InChI is InChI=1S/C15H24N2O4S/c1-20-14-8-7-12(11-15(14)21-2)9-10-16-22(18,19)17-13-5-3-4-6-13/h7-8,11,13,16-17H,3-6,9-10H2,1-2H3. The third-order valence-corrected chi connectivity index (χ3v) is 5.06. The summed E-state index contributed by atoms with van der Waals surface area (Å²) in [5, 5.41) is 0. The molecule has 1 aromatic rings. The highest BCUT2D eigenvalue weighted by Crippen LogP contribution is 2.27. The molecule has 22 heavy (non-hydrogen) atoms. The summed E-state index contributed by atoms with van der Waals surface area (Å²) in [7, 11) is -0.257. The molecule has 2 rings (SSSR count). The number of benzene rings is 1. The molecule has 1 aliphatic rings. The van der Waals surface area contributed by atoms with Gasteiger partial charge in [0, 0.05) is 12.6 Å². The Morgan fingerprint density at radius 1 is 1.14 bits per heavy atom. The second kappa shape index (κ2) is 7.80. The van der Waals surface area contributed by atoms with Crippen molar-refractivity contribution >= 4 is 10.2 Å². The molecule has 1 fully saturated rings. The molecule has 0 spiro atoms. The fraction of sp³-hybridized carbons (Fsp3) is 0.600. The van der Waals surface area contributed by atoms with Crippen molar-refractivity contribution in [1.82, 2.24) is 9.44 Å². The largest absolute Gasteiger partial charge is 0.493 e. The van der Waals surface area contributed by atoms with Crippen LogP contribution in [0.1, 0.15) is 31.2 Å². The zero-order chi connectivity index (χ0) is 16.0. The molecule has 0 amide bonds. The van der Waals surface area contributed by atoms with E-state index in [1.165, 1.54) is 0 Å². The molecule has 0 unspecified atom stereocenters. The number of methoxy groups -OCH3 is 2. The minimum atomic E-state index is -3.42. The molecule has 1 aromatic carbocycles. The third kappa shape index (κ3) is 4.86. The predicted molar refractivity (Wildman–Crippen MR) is 85.6 cm³/mol. The molecule has 1 saturated carbocycles. The lowest BCUT2D eigenvalue weighted by Crippen LogP contribution is -2.42. The molecule has 0 aromatic heterocycles. The van der Waals surface area contributed by atoms with Crippen LogP contribution >= 0.6 is 0 Å². The van der Waals surface area contributed by atoms with Crippen LogP contribution in [0.5, 0.6) is 11.5 Å². The molecular weight excluding hydrogens is 304 g/mol. The number of rotatable bonds is 8. The molecule has 0 bridgehead atoms. The van der Waals surface area contributed by atoms with Gasteiger partial charge in [0.1, 0.15) is 0 Å². The zero-order valence-electron chi connectivity index (χ0n) is 13.1. The Morgan fingerprint density at radius 2 is 1.82 bits per heavy atom. The van der Waals surface area contributed by atoms with Crippen molar-refractivity contribution in [2.24, 2.45) is 0 Å². The van der Waals surface area contributed by atoms with E-state index in [2.05, 4.69) is 9.44 Å². The summed E-state index contributed by atoms with van der Waals surface area (Å²) in [6.45, 7) is 0.345. The first-order chi connectivity index (χ1) is 10.5. The number of nitrogens with one attached hydrogen (secondary N) is 2. The summed E-state index contributed by atoms with van der Waals surface area (Å²) < 4.78 is 39.6. The first-order valence-electron chi connectivity index (χ1n) is 7.52. The van der Waals surface area contributed by atoms with E-state index in [4.69, 9.17) is 9.47 Å². The third-order valence-electron chi connectivity index (χ3n) is 3.83. The molecule has 0 heterocycles. The first kappa shape index (κ1) is 17.1. The average molecular weight is 328 g/mol. The number of ether oxygens (including phenoxy) is 2. The lowest BCUT2D eigenvalue weighted by Gasteiger charge is -2.13. The monoisotopic (exact) mass is 328 g/mol. The Kier molecular flexibility index (Phi) is 6.05. The van der Waals surface area contributed by atoms with Crippen molar-refractivity contribution in [3.05, 3.63) is 23.8 Å². The van der Waals surface area contributed by atoms with E-state index in [0.717, 1.165) is 31.2 Å². The highest BCUT2D eigenvalue weighted by molar-refractivity contribution is 7.87. The van der Waals surface area contributed by atoms with Crippen molar-refractivity contribution in [2.45, 2.75) is 38.1 Å². The van der Waals surface area contributed by atoms with Crippen molar-refractivity contribution in [3.8, 4) is 11.5 Å². The molecule has 6 nitrogen and oxygen atoms in total. The SMILES string of the molecule is COc1ccc(CCNS(=O)(=O)NC2CCCC2)cc1OC. The minimum Gasteiger partial charge on any atom is -0.493 e. The summed E-state index contributed by atoms with van der Waals surface area (Å²) in [6, 6.07) is 5.66. The van der Waals surface area contributed by atoms with Gasteiger partial charge in [0.05, 0.1) is 14.2 Å². The van der Waals surface area contributed by atoms with E-state index < -0.39 is 10.2 Å². The molecule has 0 saturated heterocycles. The van der Waals surface area contributed by atoms with Crippen LogP contribution in [-0.4, -0.2) is 35.2 Å². The maximum absolute atomic E-state index is 11.9. The molecule has 1 aliphatic carbocycles. The first-order valence-corrected chi connectivity index (χ1v) is 9.00. The normalized spacial score (nSPS) is 15.9. The zero-order valence-corrected chi connectivity index (χ0v) is 13.9. The number of hydrogen-bond donors (Lipinski definition) is 2. The second-order valence-corrected chi connectivity index (χ2v) is 6.97. The van der Waals surface area contributed by atoms with E-state index >= 15 is 0 Å². The Morgan fingerprint density at radius 3 is 2.45 bits per heavy atom. The van der Waals surface area contributed by atoms with Crippen LogP contribution in [0.3, 0.4) is 0 Å². The van der Waals surface area contributed by atoms with E-state index in [0.29, 0.717) is 24.5 Å². The van der Waals surface area contributed by atoms with Crippen LogP contribution in [0, 0.1) is 0 Å². The summed E-state index contributed by atoms with van der Waals surface area (Å²) >= 11 is 0. The Balaban J connectivity index is 1.84. The van der Waals surface area contributed by atoms with Gasteiger partial charge < -0.3 is 9.47 Å². The van der Waals surface area contributed by atoms with Crippen molar-refractivity contribution < 1.29 is 17.9 Å². The Labute approximate surface area is 132 Å². The molecule has 0 atom stereocenters. The summed E-state index contributed by atoms with van der Waals surface area (Å²) in [5.41, 5.74) is 0.987. The van der Waals surface area contributed by atoms with E-state index in [9.17, 15) is 8.42 Å². The maximum atomic E-state index is 11.9. The topological polar surface area (TPSA) is 76.7 Å². The predicted octanol–water partition coefficient (Wildman–Crippen LogP) is 1.61. The Hall–Kier alpha value is -1.31. The van der Waals surface area contributed by atoms with Crippen molar-refractivity contribution in [2.75, 3.05) is 20.8 Å². The molecule has 7 heteroatoms. The van der Waals surface area contributed by atoms with Gasteiger partial charge in [-0.3, -0.25) is 0 Å². The fourth-order valence-electron chi connectivity index (χ4n) is 2.67. The van der Waals surface area contributed by atoms with Gasteiger partial charge in [0.25, 0.3) is 10.2 Å². The molecular formula is C15H24N2O4S. The van der Waals surface area contributed by atoms with E-state index in [1.54, 1.807) is 14.2 Å². The van der Waals surface area contributed by atoms with E-state index in [-0.39, 0.29) is 6.04 Å². The van der Waals surface area contributed by atoms with Gasteiger partial charge >= 0.3 is 0 Å². The van der Waals surface area contributed by atoms with Gasteiger partial charge in [-0.2, -0.15) is 13.1 Å². The van der Waals surface area contributed by atoms with Crippen LogP contribution in [0.15, 0.2) is 18.2 Å². The minimum absolute atomic E-state index is 0.0820.